The van der Waals surface area contributed by atoms with Gasteiger partial charge in [0.05, 0.1) is 7.11 Å². The fourth-order valence-electron chi connectivity index (χ4n) is 1.62. The van der Waals surface area contributed by atoms with Crippen molar-refractivity contribution >= 4 is 0 Å². The summed E-state index contributed by atoms with van der Waals surface area (Å²) in [4.78, 5) is 0. The minimum atomic E-state index is -4.35. The van der Waals surface area contributed by atoms with E-state index in [-0.39, 0.29) is 24.3 Å². The van der Waals surface area contributed by atoms with E-state index in [1.54, 1.807) is 6.92 Å². The maximum absolute atomic E-state index is 13.4. The van der Waals surface area contributed by atoms with Crippen molar-refractivity contribution < 1.29 is 22.3 Å². The molecule has 0 aliphatic heterocycles. The van der Waals surface area contributed by atoms with Gasteiger partial charge in [0.1, 0.15) is 6.04 Å². The molecule has 0 heterocycles. The van der Waals surface area contributed by atoms with Gasteiger partial charge in [-0.15, -0.1) is 0 Å². The number of ether oxygens (including phenoxy) is 1. The Morgan fingerprint density at radius 3 is 2.44 bits per heavy atom. The molecule has 0 aliphatic carbocycles. The minimum Gasteiger partial charge on any atom is -0.494 e. The summed E-state index contributed by atoms with van der Waals surface area (Å²) >= 11 is 0. The van der Waals surface area contributed by atoms with Crippen LogP contribution < -0.4 is 10.1 Å². The number of hydrogen-bond donors (Lipinski definition) is 1. The van der Waals surface area contributed by atoms with Crippen LogP contribution >= 0.6 is 0 Å². The zero-order valence-corrected chi connectivity index (χ0v) is 10.1. The molecule has 1 unspecified atom stereocenters. The van der Waals surface area contributed by atoms with E-state index in [9.17, 15) is 17.6 Å². The molecule has 0 fully saturated rings. The third-order valence-corrected chi connectivity index (χ3v) is 2.50. The smallest absolute Gasteiger partial charge is 0.404 e. The van der Waals surface area contributed by atoms with Crippen molar-refractivity contribution in [2.24, 2.45) is 0 Å². The molecule has 0 amide bonds. The molecule has 1 rings (SSSR count). The zero-order chi connectivity index (χ0) is 13.8. The van der Waals surface area contributed by atoms with E-state index in [0.29, 0.717) is 0 Å². The summed E-state index contributed by atoms with van der Waals surface area (Å²) in [5, 5.41) is 2.34. The molecule has 1 aromatic carbocycles. The van der Waals surface area contributed by atoms with E-state index in [1.807, 2.05) is 0 Å². The molecule has 2 nitrogen and oxygen atoms in total. The van der Waals surface area contributed by atoms with Crippen LogP contribution in [0.5, 0.6) is 5.75 Å². The molecule has 0 saturated carbocycles. The van der Waals surface area contributed by atoms with Crippen molar-refractivity contribution in [3.63, 3.8) is 0 Å². The number of benzene rings is 1. The Morgan fingerprint density at radius 2 is 2.00 bits per heavy atom. The number of hydrogen-bond acceptors (Lipinski definition) is 2. The molecule has 6 heteroatoms. The van der Waals surface area contributed by atoms with Crippen molar-refractivity contribution in [3.05, 3.63) is 29.6 Å². The van der Waals surface area contributed by atoms with E-state index < -0.39 is 18.0 Å². The lowest BCUT2D eigenvalue weighted by Gasteiger charge is -2.21. The number of nitrogens with one attached hydrogen (secondary N) is 1. The van der Waals surface area contributed by atoms with E-state index in [4.69, 9.17) is 4.74 Å². The van der Waals surface area contributed by atoms with E-state index >= 15 is 0 Å². The third kappa shape index (κ3) is 3.87. The quantitative estimate of drug-likeness (QED) is 0.826. The van der Waals surface area contributed by atoms with Crippen molar-refractivity contribution in [1.82, 2.24) is 5.32 Å². The first-order chi connectivity index (χ1) is 8.38. The first-order valence-corrected chi connectivity index (χ1v) is 5.51. The normalized spacial score (nSPS) is 13.4. The minimum absolute atomic E-state index is 0.0192. The number of likely N-dealkylation sites (N-methyl/N-ethyl adjacent to an activating group) is 1. The van der Waals surface area contributed by atoms with E-state index in [0.717, 1.165) is 6.07 Å². The summed E-state index contributed by atoms with van der Waals surface area (Å²) in [6.45, 7) is 1.79. The van der Waals surface area contributed by atoms with Gasteiger partial charge < -0.3 is 10.1 Å². The largest absolute Gasteiger partial charge is 0.494 e. The van der Waals surface area contributed by atoms with Crippen LogP contribution in [-0.2, 0) is 6.42 Å². The number of methoxy groups -OCH3 is 1. The SMILES string of the molecule is CCNC(Cc1ccc(OC)c(F)c1)C(F)(F)F. The lowest BCUT2D eigenvalue weighted by atomic mass is 10.1. The Bertz CT molecular complexity index is 392. The number of alkyl halides is 3. The van der Waals surface area contributed by atoms with Crippen LogP contribution in [0, 0.1) is 5.82 Å². The van der Waals surface area contributed by atoms with Crippen molar-refractivity contribution in [3.8, 4) is 5.75 Å². The second-order valence-corrected chi connectivity index (χ2v) is 3.82. The highest BCUT2D eigenvalue weighted by atomic mass is 19.4. The van der Waals surface area contributed by atoms with E-state index in [1.165, 1.54) is 19.2 Å². The van der Waals surface area contributed by atoms with Gasteiger partial charge in [-0.05, 0) is 30.7 Å². The first-order valence-electron chi connectivity index (χ1n) is 5.51. The van der Waals surface area contributed by atoms with Gasteiger partial charge in [0.2, 0.25) is 0 Å². The van der Waals surface area contributed by atoms with E-state index in [2.05, 4.69) is 5.32 Å². The molecule has 0 aromatic heterocycles. The predicted octanol–water partition coefficient (Wildman–Crippen LogP) is 2.92. The van der Waals surface area contributed by atoms with Crippen molar-refractivity contribution in [2.45, 2.75) is 25.6 Å². The Morgan fingerprint density at radius 1 is 1.33 bits per heavy atom. The van der Waals surface area contributed by atoms with Crippen LogP contribution in [-0.4, -0.2) is 25.9 Å². The average molecular weight is 265 g/mol. The van der Waals surface area contributed by atoms with Crippen molar-refractivity contribution in [1.29, 1.82) is 0 Å². The number of halogens is 4. The molecule has 1 atom stereocenters. The topological polar surface area (TPSA) is 21.3 Å². The highest BCUT2D eigenvalue weighted by Gasteiger charge is 2.38. The molecule has 0 radical (unpaired) electrons. The average Bonchev–Trinajstić information content (AvgIpc) is 2.27. The standard InChI is InChI=1S/C12H15F4NO/c1-3-17-11(12(14,15)16)7-8-4-5-10(18-2)9(13)6-8/h4-6,11,17H,3,7H2,1-2H3. The lowest BCUT2D eigenvalue weighted by Crippen LogP contribution is -2.43. The fraction of sp³-hybridized carbons (Fsp3) is 0.500. The van der Waals surface area contributed by atoms with Crippen LogP contribution in [0.1, 0.15) is 12.5 Å². The second kappa shape index (κ2) is 6.04. The monoisotopic (exact) mass is 265 g/mol. The highest BCUT2D eigenvalue weighted by Crippen LogP contribution is 2.25. The van der Waals surface area contributed by atoms with Crippen LogP contribution in [0.15, 0.2) is 18.2 Å². The Hall–Kier alpha value is -1.30. The zero-order valence-electron chi connectivity index (χ0n) is 10.1. The summed E-state index contributed by atoms with van der Waals surface area (Å²) in [5.74, 6) is -0.641. The fourth-order valence-corrected chi connectivity index (χ4v) is 1.62. The summed E-state index contributed by atoms with van der Waals surface area (Å²) in [6.07, 6.45) is -4.66. The van der Waals surface area contributed by atoms with Gasteiger partial charge in [-0.3, -0.25) is 0 Å². The molecule has 0 bridgehead atoms. The maximum Gasteiger partial charge on any atom is 0.404 e. The third-order valence-electron chi connectivity index (χ3n) is 2.50. The summed E-state index contributed by atoms with van der Waals surface area (Å²) < 4.78 is 56.0. The molecule has 0 saturated heterocycles. The molecule has 0 aliphatic rings. The van der Waals surface area contributed by atoms with Gasteiger partial charge in [-0.1, -0.05) is 13.0 Å². The molecular weight excluding hydrogens is 250 g/mol. The molecular formula is C12H15F4NO. The lowest BCUT2D eigenvalue weighted by molar-refractivity contribution is -0.155. The predicted molar refractivity (Wildman–Crippen MR) is 60.2 cm³/mol. The van der Waals surface area contributed by atoms with Gasteiger partial charge in [0.25, 0.3) is 0 Å². The molecule has 1 aromatic rings. The van der Waals surface area contributed by atoms with Crippen LogP contribution in [0.2, 0.25) is 0 Å². The Labute approximate surface area is 103 Å². The van der Waals surface area contributed by atoms with Crippen LogP contribution in [0.25, 0.3) is 0 Å². The Balaban J connectivity index is 2.84. The molecule has 18 heavy (non-hydrogen) atoms. The summed E-state index contributed by atoms with van der Waals surface area (Å²) in [7, 11) is 1.30. The number of rotatable bonds is 5. The van der Waals surface area contributed by atoms with Crippen LogP contribution in [0.4, 0.5) is 17.6 Å². The first kappa shape index (κ1) is 14.8. The van der Waals surface area contributed by atoms with Gasteiger partial charge in [-0.2, -0.15) is 13.2 Å². The Kier molecular flexibility index (Phi) is 4.95. The maximum atomic E-state index is 13.4. The van der Waals surface area contributed by atoms with Gasteiger partial charge >= 0.3 is 6.18 Å². The summed E-state index contributed by atoms with van der Waals surface area (Å²) in [5.41, 5.74) is 0.275. The van der Waals surface area contributed by atoms with Crippen LogP contribution in [0.3, 0.4) is 0 Å². The summed E-state index contributed by atoms with van der Waals surface area (Å²) in [6, 6.07) is 2.15. The van der Waals surface area contributed by atoms with Crippen molar-refractivity contribution in [2.75, 3.05) is 13.7 Å². The molecule has 102 valence electrons. The molecule has 1 N–H and O–H groups in total. The van der Waals surface area contributed by atoms with Gasteiger partial charge in [0, 0.05) is 0 Å². The van der Waals surface area contributed by atoms with Gasteiger partial charge in [0.15, 0.2) is 11.6 Å². The van der Waals surface area contributed by atoms with Gasteiger partial charge in [-0.25, -0.2) is 4.39 Å². The highest BCUT2D eigenvalue weighted by molar-refractivity contribution is 5.29. The molecule has 0 spiro atoms. The second-order valence-electron chi connectivity index (χ2n) is 3.82.